The number of carboxylic acids is 1. The number of aliphatic hydroxyl groups is 1. The molecule has 3 atom stereocenters. The highest BCUT2D eigenvalue weighted by Crippen LogP contribution is 2.24. The number of carboxylic acid groups (broad SMARTS) is 1. The molecule has 0 aromatic carbocycles. The van der Waals surface area contributed by atoms with E-state index < -0.39 is 17.8 Å². The molecule has 1 amide bonds. The first-order chi connectivity index (χ1) is 8.99. The third kappa shape index (κ3) is 6.02. The van der Waals surface area contributed by atoms with Gasteiger partial charge in [0.25, 0.3) is 0 Å². The SMILES string of the molecule is CCC(CO)C(C(=O)NCCCNC)C(C)C(=O)O. The Morgan fingerprint density at radius 2 is 1.89 bits per heavy atom. The Bertz CT molecular complexity index is 280. The highest BCUT2D eigenvalue weighted by molar-refractivity contribution is 5.84. The maximum absolute atomic E-state index is 12.1. The van der Waals surface area contributed by atoms with E-state index in [1.165, 1.54) is 6.92 Å². The largest absolute Gasteiger partial charge is 0.481 e. The van der Waals surface area contributed by atoms with Crippen molar-refractivity contribution in [1.82, 2.24) is 10.6 Å². The maximum atomic E-state index is 12.1. The summed E-state index contributed by atoms with van der Waals surface area (Å²) in [7, 11) is 1.83. The van der Waals surface area contributed by atoms with E-state index in [-0.39, 0.29) is 18.4 Å². The first kappa shape index (κ1) is 17.9. The number of nitrogens with one attached hydrogen (secondary N) is 2. The average molecular weight is 274 g/mol. The normalized spacial score (nSPS) is 15.6. The molecule has 0 fully saturated rings. The van der Waals surface area contributed by atoms with Crippen LogP contribution in [0, 0.1) is 17.8 Å². The highest BCUT2D eigenvalue weighted by atomic mass is 16.4. The number of rotatable bonds is 10. The van der Waals surface area contributed by atoms with Crippen LogP contribution < -0.4 is 10.6 Å². The average Bonchev–Trinajstić information content (AvgIpc) is 2.39. The molecule has 19 heavy (non-hydrogen) atoms. The lowest BCUT2D eigenvalue weighted by molar-refractivity contribution is -0.148. The van der Waals surface area contributed by atoms with Gasteiger partial charge in [-0.15, -0.1) is 0 Å². The third-order valence-electron chi connectivity index (χ3n) is 3.40. The molecule has 3 unspecified atom stereocenters. The van der Waals surface area contributed by atoms with E-state index in [9.17, 15) is 14.7 Å². The zero-order chi connectivity index (χ0) is 14.8. The Kier molecular flexibility index (Phi) is 9.16. The van der Waals surface area contributed by atoms with E-state index in [4.69, 9.17) is 5.11 Å². The molecular weight excluding hydrogens is 248 g/mol. The van der Waals surface area contributed by atoms with Gasteiger partial charge in [-0.3, -0.25) is 9.59 Å². The fourth-order valence-corrected chi connectivity index (χ4v) is 2.09. The first-order valence-electron chi connectivity index (χ1n) is 6.75. The van der Waals surface area contributed by atoms with Crippen molar-refractivity contribution in [1.29, 1.82) is 0 Å². The van der Waals surface area contributed by atoms with E-state index in [2.05, 4.69) is 10.6 Å². The second-order valence-electron chi connectivity index (χ2n) is 4.75. The summed E-state index contributed by atoms with van der Waals surface area (Å²) in [6, 6.07) is 0. The van der Waals surface area contributed by atoms with Crippen molar-refractivity contribution in [3.05, 3.63) is 0 Å². The van der Waals surface area contributed by atoms with Gasteiger partial charge in [-0.25, -0.2) is 0 Å². The monoisotopic (exact) mass is 274 g/mol. The molecule has 6 heteroatoms. The second-order valence-corrected chi connectivity index (χ2v) is 4.75. The minimum absolute atomic E-state index is 0.178. The van der Waals surface area contributed by atoms with Gasteiger partial charge in [0.05, 0.1) is 11.8 Å². The Morgan fingerprint density at radius 1 is 1.26 bits per heavy atom. The van der Waals surface area contributed by atoms with Crippen molar-refractivity contribution in [2.24, 2.45) is 17.8 Å². The quantitative estimate of drug-likeness (QED) is 0.422. The van der Waals surface area contributed by atoms with Crippen LogP contribution in [-0.2, 0) is 9.59 Å². The molecule has 4 N–H and O–H groups in total. The van der Waals surface area contributed by atoms with Crippen LogP contribution in [0.5, 0.6) is 0 Å². The van der Waals surface area contributed by atoms with Gasteiger partial charge in [0, 0.05) is 13.2 Å². The number of aliphatic carboxylic acids is 1. The van der Waals surface area contributed by atoms with Crippen molar-refractivity contribution in [3.63, 3.8) is 0 Å². The number of carbonyl (C=O) groups is 2. The standard InChI is InChI=1S/C13H26N2O4/c1-4-10(8-16)11(9(2)13(18)19)12(17)15-7-5-6-14-3/h9-11,14,16H,4-8H2,1-3H3,(H,15,17)(H,18,19). The lowest BCUT2D eigenvalue weighted by Gasteiger charge is -2.27. The van der Waals surface area contributed by atoms with Crippen LogP contribution in [-0.4, -0.2) is 48.8 Å². The molecule has 0 heterocycles. The Hall–Kier alpha value is -1.14. The Morgan fingerprint density at radius 3 is 2.32 bits per heavy atom. The molecular formula is C13H26N2O4. The number of carbonyl (C=O) groups excluding carboxylic acids is 1. The van der Waals surface area contributed by atoms with E-state index >= 15 is 0 Å². The molecule has 0 aromatic rings. The van der Waals surface area contributed by atoms with Crippen molar-refractivity contribution < 1.29 is 19.8 Å². The predicted octanol–water partition coefficient (Wildman–Crippen LogP) is 0.0675. The van der Waals surface area contributed by atoms with Crippen molar-refractivity contribution >= 4 is 11.9 Å². The zero-order valence-electron chi connectivity index (χ0n) is 12.0. The molecule has 0 bridgehead atoms. The van der Waals surface area contributed by atoms with Crippen LogP contribution >= 0.6 is 0 Å². The molecule has 0 saturated heterocycles. The molecule has 0 spiro atoms. The van der Waals surface area contributed by atoms with Gasteiger partial charge in [0.15, 0.2) is 0 Å². The summed E-state index contributed by atoms with van der Waals surface area (Å²) in [5.41, 5.74) is 0. The molecule has 6 nitrogen and oxygen atoms in total. The van der Waals surface area contributed by atoms with E-state index in [0.29, 0.717) is 13.0 Å². The molecule has 0 rings (SSSR count). The van der Waals surface area contributed by atoms with Gasteiger partial charge >= 0.3 is 5.97 Å². The fourth-order valence-electron chi connectivity index (χ4n) is 2.09. The Labute approximate surface area is 114 Å². The summed E-state index contributed by atoms with van der Waals surface area (Å²) in [5.74, 6) is -3.12. The smallest absolute Gasteiger partial charge is 0.307 e. The lowest BCUT2D eigenvalue weighted by Crippen LogP contribution is -2.42. The Balaban J connectivity index is 4.63. The van der Waals surface area contributed by atoms with Crippen LogP contribution in [0.1, 0.15) is 26.7 Å². The molecule has 0 radical (unpaired) electrons. The first-order valence-corrected chi connectivity index (χ1v) is 6.75. The molecule has 0 aliphatic carbocycles. The van der Waals surface area contributed by atoms with Gasteiger partial charge in [-0.05, 0) is 25.9 Å². The molecule has 0 aliphatic rings. The van der Waals surface area contributed by atoms with Gasteiger partial charge < -0.3 is 20.8 Å². The summed E-state index contributed by atoms with van der Waals surface area (Å²) in [6.07, 6.45) is 1.36. The van der Waals surface area contributed by atoms with Gasteiger partial charge in [0.1, 0.15) is 0 Å². The summed E-state index contributed by atoms with van der Waals surface area (Å²) in [6.45, 7) is 4.47. The molecule has 112 valence electrons. The van der Waals surface area contributed by atoms with Crippen LogP contribution in [0.3, 0.4) is 0 Å². The van der Waals surface area contributed by atoms with Gasteiger partial charge in [-0.2, -0.15) is 0 Å². The summed E-state index contributed by atoms with van der Waals surface area (Å²) < 4.78 is 0. The topological polar surface area (TPSA) is 98.7 Å². The predicted molar refractivity (Wildman–Crippen MR) is 72.7 cm³/mol. The van der Waals surface area contributed by atoms with Gasteiger partial charge in [0.2, 0.25) is 5.91 Å². The van der Waals surface area contributed by atoms with Gasteiger partial charge in [-0.1, -0.05) is 20.3 Å². The minimum atomic E-state index is -1.01. The second kappa shape index (κ2) is 9.75. The molecule has 0 aromatic heterocycles. The fraction of sp³-hybridized carbons (Fsp3) is 0.846. The van der Waals surface area contributed by atoms with Crippen LogP contribution in [0.4, 0.5) is 0 Å². The van der Waals surface area contributed by atoms with Crippen LogP contribution in [0.2, 0.25) is 0 Å². The van der Waals surface area contributed by atoms with E-state index in [1.54, 1.807) is 0 Å². The maximum Gasteiger partial charge on any atom is 0.307 e. The zero-order valence-corrected chi connectivity index (χ0v) is 12.0. The summed E-state index contributed by atoms with van der Waals surface area (Å²) >= 11 is 0. The molecule has 0 aliphatic heterocycles. The van der Waals surface area contributed by atoms with E-state index in [1.807, 2.05) is 14.0 Å². The number of aliphatic hydroxyl groups excluding tert-OH is 1. The van der Waals surface area contributed by atoms with Crippen LogP contribution in [0.25, 0.3) is 0 Å². The highest BCUT2D eigenvalue weighted by Gasteiger charge is 2.35. The molecule has 0 saturated carbocycles. The minimum Gasteiger partial charge on any atom is -0.481 e. The van der Waals surface area contributed by atoms with Crippen LogP contribution in [0.15, 0.2) is 0 Å². The lowest BCUT2D eigenvalue weighted by atomic mass is 9.80. The van der Waals surface area contributed by atoms with Crippen molar-refractivity contribution in [3.8, 4) is 0 Å². The summed E-state index contributed by atoms with van der Waals surface area (Å²) in [4.78, 5) is 23.2. The van der Waals surface area contributed by atoms with Crippen molar-refractivity contribution in [2.45, 2.75) is 26.7 Å². The third-order valence-corrected chi connectivity index (χ3v) is 3.40. The van der Waals surface area contributed by atoms with E-state index in [0.717, 1.165) is 13.0 Å². The summed E-state index contributed by atoms with van der Waals surface area (Å²) in [5, 5.41) is 24.1. The van der Waals surface area contributed by atoms with Crippen molar-refractivity contribution in [2.75, 3.05) is 26.7 Å². The number of hydrogen-bond acceptors (Lipinski definition) is 4. The number of amides is 1. The number of hydrogen-bond donors (Lipinski definition) is 4.